The number of nitriles is 1. The highest BCUT2D eigenvalue weighted by atomic mass is 16.5. The molecule has 27 heavy (non-hydrogen) atoms. The van der Waals surface area contributed by atoms with Crippen molar-refractivity contribution < 1.29 is 4.74 Å². The molecule has 4 rings (SSSR count). The molecule has 0 saturated carbocycles. The zero-order chi connectivity index (χ0) is 18.8. The van der Waals surface area contributed by atoms with E-state index in [1.165, 1.54) is 4.68 Å². The molecular weight excluding hydrogens is 342 g/mol. The van der Waals surface area contributed by atoms with Crippen LogP contribution in [-0.2, 0) is 4.74 Å². The number of nitrogens with zero attached hydrogens (tertiary/aromatic N) is 5. The molecule has 0 radical (unpaired) electrons. The van der Waals surface area contributed by atoms with Gasteiger partial charge in [-0.15, -0.1) is 0 Å². The van der Waals surface area contributed by atoms with E-state index in [0.29, 0.717) is 11.5 Å². The highest BCUT2D eigenvalue weighted by Crippen LogP contribution is 2.44. The highest BCUT2D eigenvalue weighted by Gasteiger charge is 2.41. The molecular formula is C19H15N7O. The second-order valence-electron chi connectivity index (χ2n) is 5.99. The Balaban J connectivity index is 2.04. The third kappa shape index (κ3) is 2.81. The number of tetrazole rings is 1. The molecule has 3 N–H and O–H groups in total. The van der Waals surface area contributed by atoms with E-state index < -0.39 is 11.8 Å². The van der Waals surface area contributed by atoms with Crippen molar-refractivity contribution in [1.82, 2.24) is 20.2 Å². The Labute approximate surface area is 155 Å². The Kier molecular flexibility index (Phi) is 4.10. The number of rotatable bonds is 3. The number of ether oxygens (including phenoxy) is 1. The van der Waals surface area contributed by atoms with Crippen molar-refractivity contribution in [3.05, 3.63) is 71.8 Å². The van der Waals surface area contributed by atoms with Crippen molar-refractivity contribution in [1.29, 1.82) is 10.7 Å². The minimum absolute atomic E-state index is 0.0769. The second-order valence-corrected chi connectivity index (χ2v) is 5.99. The fraction of sp³-hybridized carbons (Fsp3) is 0.105. The number of hydrogen-bond donors (Lipinski definition) is 2. The molecule has 2 atom stereocenters. The van der Waals surface area contributed by atoms with Crippen LogP contribution in [-0.4, -0.2) is 26.1 Å². The van der Waals surface area contributed by atoms with Gasteiger partial charge in [0.05, 0.1) is 12.0 Å². The van der Waals surface area contributed by atoms with Crippen LogP contribution < -0.4 is 5.73 Å². The summed E-state index contributed by atoms with van der Waals surface area (Å²) >= 11 is 0. The van der Waals surface area contributed by atoms with Gasteiger partial charge in [-0.1, -0.05) is 65.8 Å². The number of aromatic nitrogens is 4. The zero-order valence-corrected chi connectivity index (χ0v) is 14.1. The molecule has 0 fully saturated rings. The van der Waals surface area contributed by atoms with Crippen LogP contribution >= 0.6 is 0 Å². The average Bonchev–Trinajstić information content (AvgIpc) is 3.14. The second kappa shape index (κ2) is 6.72. The van der Waals surface area contributed by atoms with E-state index in [1.54, 1.807) is 0 Å². The van der Waals surface area contributed by atoms with Gasteiger partial charge in [-0.3, -0.25) is 5.41 Å². The lowest BCUT2D eigenvalue weighted by atomic mass is 9.81. The first-order valence-corrected chi connectivity index (χ1v) is 8.25. The highest BCUT2D eigenvalue weighted by molar-refractivity contribution is 5.97. The molecule has 1 aromatic heterocycles. The van der Waals surface area contributed by atoms with Crippen LogP contribution in [0.15, 0.2) is 60.7 Å². The third-order valence-electron chi connectivity index (χ3n) is 4.41. The summed E-state index contributed by atoms with van der Waals surface area (Å²) in [5.41, 5.74) is 8.08. The summed E-state index contributed by atoms with van der Waals surface area (Å²) in [7, 11) is 0. The Hall–Kier alpha value is -3.99. The van der Waals surface area contributed by atoms with Crippen molar-refractivity contribution in [2.75, 3.05) is 5.73 Å². The predicted octanol–water partition coefficient (Wildman–Crippen LogP) is 2.51. The third-order valence-corrected chi connectivity index (χ3v) is 4.41. The van der Waals surface area contributed by atoms with Crippen molar-refractivity contribution in [2.24, 2.45) is 5.92 Å². The maximum Gasteiger partial charge on any atom is 0.244 e. The summed E-state index contributed by atoms with van der Waals surface area (Å²) in [4.78, 5) is 0. The van der Waals surface area contributed by atoms with Gasteiger partial charge < -0.3 is 10.5 Å². The number of hydrogen-bond acceptors (Lipinski definition) is 7. The van der Waals surface area contributed by atoms with Gasteiger partial charge in [-0.25, -0.2) is 0 Å². The van der Waals surface area contributed by atoms with Crippen molar-refractivity contribution in [3.63, 3.8) is 0 Å². The summed E-state index contributed by atoms with van der Waals surface area (Å²) < 4.78 is 7.16. The summed E-state index contributed by atoms with van der Waals surface area (Å²) in [5, 5.41) is 29.5. The van der Waals surface area contributed by atoms with Gasteiger partial charge >= 0.3 is 0 Å². The monoisotopic (exact) mass is 357 g/mol. The van der Waals surface area contributed by atoms with Crippen molar-refractivity contribution >= 4 is 23.3 Å². The summed E-state index contributed by atoms with van der Waals surface area (Å²) in [6.45, 7) is 0. The number of benzene rings is 2. The van der Waals surface area contributed by atoms with E-state index in [9.17, 15) is 5.26 Å². The van der Waals surface area contributed by atoms with Crippen molar-refractivity contribution in [3.8, 4) is 6.07 Å². The number of allylic oxidation sites excluding steroid dienone is 1. The molecule has 1 aliphatic rings. The Morgan fingerprint density at radius 3 is 2.33 bits per heavy atom. The molecule has 2 unspecified atom stereocenters. The van der Waals surface area contributed by atoms with E-state index in [2.05, 4.69) is 21.6 Å². The summed E-state index contributed by atoms with van der Waals surface area (Å²) in [6, 6.07) is 21.0. The fourth-order valence-electron chi connectivity index (χ4n) is 3.21. The van der Waals surface area contributed by atoms with Crippen LogP contribution in [0.25, 0.3) is 11.5 Å². The van der Waals surface area contributed by atoms with Crippen molar-refractivity contribution in [2.45, 2.75) is 5.92 Å². The lowest BCUT2D eigenvalue weighted by Gasteiger charge is -2.32. The van der Waals surface area contributed by atoms with E-state index in [0.717, 1.165) is 11.1 Å². The number of anilines is 1. The Morgan fingerprint density at radius 2 is 1.74 bits per heavy atom. The Bertz CT molecular complexity index is 1050. The van der Waals surface area contributed by atoms with Gasteiger partial charge in [0.25, 0.3) is 0 Å². The lowest BCUT2D eigenvalue weighted by molar-refractivity contribution is 0.430. The molecule has 2 heterocycles. The average molecular weight is 357 g/mol. The molecule has 3 aromatic rings. The smallest absolute Gasteiger partial charge is 0.244 e. The Morgan fingerprint density at radius 1 is 1.07 bits per heavy atom. The number of nitrogen functional groups attached to an aromatic ring is 1. The largest absolute Gasteiger partial charge is 0.440 e. The molecule has 8 heteroatoms. The van der Waals surface area contributed by atoms with E-state index in [4.69, 9.17) is 15.9 Å². The molecule has 0 spiro atoms. The molecule has 0 amide bonds. The molecule has 8 nitrogen and oxygen atoms in total. The zero-order valence-electron chi connectivity index (χ0n) is 14.1. The van der Waals surface area contributed by atoms with Crippen LogP contribution in [0.1, 0.15) is 17.0 Å². The van der Waals surface area contributed by atoms with Crippen LogP contribution in [0.4, 0.5) is 5.95 Å². The number of nitrogens with two attached hydrogens (primary N) is 1. The topological polar surface area (TPSA) is 126 Å². The standard InChI is InChI=1S/C19H15N7O/c20-11-14-15(12-7-3-1-4-8-12)16(26-19(22)23-24-25-26)17(27-18(14)21)13-9-5-2-6-10-13/h1-10,14-15,21H,(H2,22,23,25). The van der Waals surface area contributed by atoms with Gasteiger partial charge in [0.15, 0.2) is 5.76 Å². The van der Waals surface area contributed by atoms with E-state index in [-0.39, 0.29) is 11.8 Å². The van der Waals surface area contributed by atoms with Gasteiger partial charge in [0, 0.05) is 5.56 Å². The van der Waals surface area contributed by atoms with E-state index in [1.807, 2.05) is 60.7 Å². The molecule has 0 bridgehead atoms. The fourth-order valence-corrected chi connectivity index (χ4v) is 3.21. The first-order valence-electron chi connectivity index (χ1n) is 8.25. The first-order chi connectivity index (χ1) is 13.2. The van der Waals surface area contributed by atoms with Gasteiger partial charge in [0.2, 0.25) is 11.8 Å². The van der Waals surface area contributed by atoms with Gasteiger partial charge in [-0.05, 0) is 16.0 Å². The lowest BCUT2D eigenvalue weighted by Crippen LogP contribution is -2.31. The normalized spacial score (nSPS) is 19.4. The number of nitrogens with one attached hydrogen (secondary N) is 1. The van der Waals surface area contributed by atoms with Crippen LogP contribution in [0.2, 0.25) is 0 Å². The van der Waals surface area contributed by atoms with Crippen LogP contribution in [0.5, 0.6) is 0 Å². The summed E-state index contributed by atoms with van der Waals surface area (Å²) in [5.74, 6) is -0.995. The van der Waals surface area contributed by atoms with E-state index >= 15 is 0 Å². The molecule has 132 valence electrons. The molecule has 2 aromatic carbocycles. The quantitative estimate of drug-likeness (QED) is 0.741. The summed E-state index contributed by atoms with van der Waals surface area (Å²) in [6.07, 6.45) is 0. The van der Waals surface area contributed by atoms with Crippen LogP contribution in [0.3, 0.4) is 0 Å². The van der Waals surface area contributed by atoms with Gasteiger partial charge in [-0.2, -0.15) is 9.94 Å². The maximum absolute atomic E-state index is 9.75. The predicted molar refractivity (Wildman–Crippen MR) is 98.9 cm³/mol. The molecule has 1 aliphatic heterocycles. The minimum Gasteiger partial charge on any atom is -0.440 e. The maximum atomic E-state index is 9.75. The van der Waals surface area contributed by atoms with Crippen LogP contribution in [0, 0.1) is 22.7 Å². The van der Waals surface area contributed by atoms with Gasteiger partial charge in [0.1, 0.15) is 11.6 Å². The first kappa shape index (κ1) is 16.5. The minimum atomic E-state index is -0.835. The molecule has 0 saturated heterocycles. The molecule has 0 aliphatic carbocycles. The SMILES string of the molecule is N#CC1C(=N)OC(c2ccccc2)=C(n2nnnc2N)C1c1ccccc1.